The van der Waals surface area contributed by atoms with Gasteiger partial charge in [-0.05, 0) is 18.9 Å². The Hall–Kier alpha value is -3.71. The average Bonchev–Trinajstić information content (AvgIpc) is 3.52. The molecule has 14 heteroatoms. The van der Waals surface area contributed by atoms with E-state index >= 15 is 4.39 Å². The quantitative estimate of drug-likeness (QED) is 0.506. The van der Waals surface area contributed by atoms with Gasteiger partial charge in [0.05, 0.1) is 23.1 Å². The van der Waals surface area contributed by atoms with Crippen LogP contribution in [0.1, 0.15) is 29.2 Å². The Labute approximate surface area is 194 Å². The van der Waals surface area contributed by atoms with Crippen molar-refractivity contribution >= 4 is 34.4 Å². The number of fused-ring (bicyclic) bond motifs is 1. The van der Waals surface area contributed by atoms with Gasteiger partial charge in [0.2, 0.25) is 5.43 Å². The van der Waals surface area contributed by atoms with Crippen LogP contribution in [0.4, 0.5) is 23.4 Å². The average molecular weight is 497 g/mol. The number of rotatable bonds is 4. The van der Waals surface area contributed by atoms with Gasteiger partial charge in [0, 0.05) is 31.9 Å². The van der Waals surface area contributed by atoms with Crippen molar-refractivity contribution in [1.82, 2.24) is 14.5 Å². The zero-order chi connectivity index (χ0) is 25.3. The maximum atomic E-state index is 15.2. The number of likely N-dealkylation sites (tertiary alicyclic amines) is 1. The minimum absolute atomic E-state index is 0.0157. The monoisotopic (exact) mass is 497 g/mol. The number of carboxylic acid groups (broad SMARTS) is 1. The molecule has 0 aromatic carbocycles. The molecule has 10 nitrogen and oxygen atoms in total. The van der Waals surface area contributed by atoms with Crippen molar-refractivity contribution in [2.45, 2.75) is 25.1 Å². The van der Waals surface area contributed by atoms with Gasteiger partial charge in [0.25, 0.3) is 0 Å². The van der Waals surface area contributed by atoms with Crippen molar-refractivity contribution in [3.8, 4) is 0 Å². The Morgan fingerprint density at radius 3 is 2.51 bits per heavy atom. The maximum absolute atomic E-state index is 15.2. The first-order valence-electron chi connectivity index (χ1n) is 10.7. The van der Waals surface area contributed by atoms with Gasteiger partial charge in [0.1, 0.15) is 18.3 Å². The van der Waals surface area contributed by atoms with Gasteiger partial charge in [-0.2, -0.15) is 13.2 Å². The van der Waals surface area contributed by atoms with Crippen molar-refractivity contribution in [2.24, 2.45) is 10.6 Å². The van der Waals surface area contributed by atoms with Crippen LogP contribution >= 0.6 is 0 Å². The first-order valence-corrected chi connectivity index (χ1v) is 10.7. The number of hydrogen-bond donors (Lipinski definition) is 1. The molecule has 0 unspecified atom stereocenters. The molecule has 0 bridgehead atoms. The summed E-state index contributed by atoms with van der Waals surface area (Å²) in [6.45, 7) is -0.534. The fourth-order valence-corrected chi connectivity index (χ4v) is 4.78. The van der Waals surface area contributed by atoms with Gasteiger partial charge in [-0.3, -0.25) is 9.59 Å². The summed E-state index contributed by atoms with van der Waals surface area (Å²) in [6.07, 6.45) is -2.32. The Kier molecular flexibility index (Phi) is 5.04. The van der Waals surface area contributed by atoms with Crippen LogP contribution in [-0.4, -0.2) is 76.6 Å². The summed E-state index contributed by atoms with van der Waals surface area (Å²) in [5.74, 6) is -4.44. The number of halogens is 4. The maximum Gasteiger partial charge on any atom is 0.471 e. The van der Waals surface area contributed by atoms with E-state index in [-0.39, 0.29) is 49.1 Å². The number of carboxylic acids is 1. The van der Waals surface area contributed by atoms with Gasteiger partial charge in [-0.15, -0.1) is 0 Å². The summed E-state index contributed by atoms with van der Waals surface area (Å²) in [4.78, 5) is 47.1. The molecule has 3 aliphatic rings. The van der Waals surface area contributed by atoms with Gasteiger partial charge in [-0.1, -0.05) is 5.16 Å². The molecule has 1 aliphatic carbocycles. The number of oxime groups is 1. The predicted octanol–water partition coefficient (Wildman–Crippen LogP) is 1.78. The van der Waals surface area contributed by atoms with E-state index in [0.29, 0.717) is 10.6 Å². The van der Waals surface area contributed by atoms with E-state index < -0.39 is 40.3 Å². The molecule has 1 spiro atoms. The van der Waals surface area contributed by atoms with Crippen molar-refractivity contribution in [3.63, 3.8) is 0 Å². The highest BCUT2D eigenvalue weighted by Gasteiger charge is 2.58. The third-order valence-electron chi connectivity index (χ3n) is 6.57. The number of anilines is 1. The number of carbonyl (C=O) groups excluding carboxylic acids is 1. The number of pyridine rings is 2. The van der Waals surface area contributed by atoms with E-state index in [1.165, 1.54) is 18.2 Å². The Bertz CT molecular complexity index is 1340. The van der Waals surface area contributed by atoms with Crippen molar-refractivity contribution < 1.29 is 37.1 Å². The Balaban J connectivity index is 1.53. The molecular formula is C21H19F4N5O5. The number of aromatic nitrogens is 2. The van der Waals surface area contributed by atoms with E-state index in [0.717, 1.165) is 18.9 Å². The lowest BCUT2D eigenvalue weighted by Crippen LogP contribution is -2.64. The highest BCUT2D eigenvalue weighted by molar-refractivity contribution is 6.00. The lowest BCUT2D eigenvalue weighted by Gasteiger charge is -2.47. The van der Waals surface area contributed by atoms with Gasteiger partial charge in [0.15, 0.2) is 11.6 Å². The standard InChI is InChI=1S/C21H19F4N5O5/c1-35-27-14-6-28(7-20(14)8-29(9-20)19(34)21(23,24)25)17-13(22)4-11-15(31)12(18(32)33)5-30(10-2-3-10)16(11)26-17/h4-5,10H,2-3,6-9H2,1H3,(H,32,33)/b27-14+. The molecule has 35 heavy (non-hydrogen) atoms. The molecule has 3 fully saturated rings. The summed E-state index contributed by atoms with van der Waals surface area (Å²) in [5, 5.41) is 13.1. The largest absolute Gasteiger partial charge is 0.477 e. The van der Waals surface area contributed by atoms with Crippen LogP contribution in [0.5, 0.6) is 0 Å². The molecule has 2 aliphatic heterocycles. The lowest BCUT2D eigenvalue weighted by molar-refractivity contribution is -0.193. The van der Waals surface area contributed by atoms with Gasteiger partial charge < -0.3 is 24.3 Å². The van der Waals surface area contributed by atoms with Crippen molar-refractivity contribution in [2.75, 3.05) is 38.2 Å². The summed E-state index contributed by atoms with van der Waals surface area (Å²) in [6, 6.07) is 0.857. The molecule has 2 aromatic heterocycles. The normalized spacial score (nSPS) is 20.5. The van der Waals surface area contributed by atoms with Crippen LogP contribution in [0.15, 0.2) is 22.2 Å². The molecule has 2 aromatic rings. The summed E-state index contributed by atoms with van der Waals surface area (Å²) >= 11 is 0. The Morgan fingerprint density at radius 2 is 1.94 bits per heavy atom. The first-order chi connectivity index (χ1) is 16.4. The minimum atomic E-state index is -5.01. The number of amides is 1. The molecule has 0 radical (unpaired) electrons. The molecule has 0 atom stereocenters. The van der Waals surface area contributed by atoms with Crippen molar-refractivity contribution in [1.29, 1.82) is 0 Å². The Morgan fingerprint density at radius 1 is 1.26 bits per heavy atom. The molecule has 2 saturated heterocycles. The van der Waals surface area contributed by atoms with E-state index in [4.69, 9.17) is 4.84 Å². The predicted molar refractivity (Wildman–Crippen MR) is 113 cm³/mol. The third kappa shape index (κ3) is 3.67. The van der Waals surface area contributed by atoms with Crippen molar-refractivity contribution in [3.05, 3.63) is 33.9 Å². The molecule has 1 amide bonds. The molecule has 186 valence electrons. The second kappa shape index (κ2) is 7.65. The zero-order valence-electron chi connectivity index (χ0n) is 18.3. The van der Waals surface area contributed by atoms with Gasteiger partial charge in [-0.25, -0.2) is 14.2 Å². The third-order valence-corrected chi connectivity index (χ3v) is 6.57. The summed E-state index contributed by atoms with van der Waals surface area (Å²) in [7, 11) is 1.27. The van der Waals surface area contributed by atoms with E-state index in [9.17, 15) is 32.7 Å². The SMILES string of the molecule is CO/N=C1\CN(c2nc3c(cc2F)c(=O)c(C(=O)O)cn3C2CC2)CC12CN(C(=O)C(F)(F)F)C2. The van der Waals surface area contributed by atoms with Crippen LogP contribution in [0.2, 0.25) is 0 Å². The van der Waals surface area contributed by atoms with Crippen LogP contribution in [0, 0.1) is 11.2 Å². The first kappa shape index (κ1) is 23.1. The number of carbonyl (C=O) groups is 2. The number of hydrogen-bond acceptors (Lipinski definition) is 7. The fraction of sp³-hybridized carbons (Fsp3) is 0.476. The topological polar surface area (TPSA) is 117 Å². The summed E-state index contributed by atoms with van der Waals surface area (Å²) in [5.41, 5.74) is -1.86. The second-order valence-electron chi connectivity index (χ2n) is 9.00. The molecule has 1 N–H and O–H groups in total. The van der Waals surface area contributed by atoms with E-state index in [1.807, 2.05) is 0 Å². The molecule has 5 rings (SSSR count). The highest BCUT2D eigenvalue weighted by atomic mass is 19.4. The zero-order valence-corrected chi connectivity index (χ0v) is 18.3. The van der Waals surface area contributed by atoms with E-state index in [1.54, 1.807) is 4.57 Å². The van der Waals surface area contributed by atoms with E-state index in [2.05, 4.69) is 10.1 Å². The number of nitrogens with zero attached hydrogens (tertiary/aromatic N) is 5. The summed E-state index contributed by atoms with van der Waals surface area (Å²) < 4.78 is 55.2. The molecule has 4 heterocycles. The second-order valence-corrected chi connectivity index (χ2v) is 9.00. The smallest absolute Gasteiger partial charge is 0.471 e. The van der Waals surface area contributed by atoms with Gasteiger partial charge >= 0.3 is 18.1 Å². The fourth-order valence-electron chi connectivity index (χ4n) is 4.78. The van der Waals surface area contributed by atoms with Crippen LogP contribution < -0.4 is 10.3 Å². The number of alkyl halides is 3. The molecular weight excluding hydrogens is 478 g/mol. The van der Waals surface area contributed by atoms with Crippen LogP contribution in [0.3, 0.4) is 0 Å². The minimum Gasteiger partial charge on any atom is -0.477 e. The number of aromatic carboxylic acids is 1. The van der Waals surface area contributed by atoms with Crippen LogP contribution in [0.25, 0.3) is 11.0 Å². The lowest BCUT2D eigenvalue weighted by atomic mass is 9.77. The molecule has 1 saturated carbocycles. The van der Waals surface area contributed by atoms with Crippen LogP contribution in [-0.2, 0) is 9.63 Å². The highest BCUT2D eigenvalue weighted by Crippen LogP contribution is 2.42.